The van der Waals surface area contributed by atoms with Crippen LogP contribution in [-0.4, -0.2) is 13.0 Å². The topological polar surface area (TPSA) is 46.3 Å². The Kier molecular flexibility index (Phi) is 4.83. The van der Waals surface area contributed by atoms with Crippen molar-refractivity contribution in [3.63, 3.8) is 0 Å². The van der Waals surface area contributed by atoms with Crippen LogP contribution >= 0.6 is 0 Å². The van der Waals surface area contributed by atoms with Gasteiger partial charge in [-0.3, -0.25) is 4.79 Å². The number of nitrogens with zero attached hydrogens (tertiary/aromatic N) is 1. The first-order valence-electron chi connectivity index (χ1n) is 5.77. The van der Waals surface area contributed by atoms with E-state index in [4.69, 9.17) is 5.73 Å². The predicted octanol–water partition coefficient (Wildman–Crippen LogP) is 2.81. The molecule has 1 amide bonds. The second-order valence-corrected chi connectivity index (χ2v) is 4.00. The Morgan fingerprint density at radius 2 is 2.12 bits per heavy atom. The fourth-order valence-corrected chi connectivity index (χ4v) is 1.57. The molecule has 0 atom stereocenters. The van der Waals surface area contributed by atoms with Gasteiger partial charge in [0.05, 0.1) is 0 Å². The number of carbonyl (C=O) groups excluding carboxylic acids is 1. The van der Waals surface area contributed by atoms with E-state index in [1.165, 1.54) is 0 Å². The summed E-state index contributed by atoms with van der Waals surface area (Å²) in [5.41, 5.74) is 7.23. The Labute approximate surface area is 97.2 Å². The van der Waals surface area contributed by atoms with Gasteiger partial charge in [0.15, 0.2) is 0 Å². The maximum absolute atomic E-state index is 11.8. The molecule has 1 rings (SSSR count). The first kappa shape index (κ1) is 12.6. The smallest absolute Gasteiger partial charge is 0.226 e. The van der Waals surface area contributed by atoms with Crippen molar-refractivity contribution in [2.75, 3.05) is 17.7 Å². The summed E-state index contributed by atoms with van der Waals surface area (Å²) in [5, 5.41) is 0. The average Bonchev–Trinajstić information content (AvgIpc) is 2.28. The number of benzene rings is 1. The Hall–Kier alpha value is -1.51. The molecular weight excluding hydrogens is 200 g/mol. The van der Waals surface area contributed by atoms with Crippen LogP contribution < -0.4 is 10.6 Å². The van der Waals surface area contributed by atoms with Gasteiger partial charge >= 0.3 is 0 Å². The summed E-state index contributed by atoms with van der Waals surface area (Å²) >= 11 is 0. The van der Waals surface area contributed by atoms with Crippen LogP contribution in [0.3, 0.4) is 0 Å². The minimum absolute atomic E-state index is 0.152. The zero-order valence-electron chi connectivity index (χ0n) is 10.1. The maximum Gasteiger partial charge on any atom is 0.226 e. The summed E-state index contributed by atoms with van der Waals surface area (Å²) in [6, 6.07) is 7.39. The largest absolute Gasteiger partial charge is 0.399 e. The molecule has 0 radical (unpaired) electrons. The molecule has 0 heterocycles. The third-order valence-corrected chi connectivity index (χ3v) is 2.63. The van der Waals surface area contributed by atoms with E-state index >= 15 is 0 Å². The molecule has 0 unspecified atom stereocenters. The number of rotatable bonds is 5. The molecule has 16 heavy (non-hydrogen) atoms. The van der Waals surface area contributed by atoms with Crippen LogP contribution in [0.5, 0.6) is 0 Å². The third kappa shape index (κ3) is 3.57. The highest BCUT2D eigenvalue weighted by atomic mass is 16.2. The maximum atomic E-state index is 11.8. The molecule has 0 aliphatic heterocycles. The van der Waals surface area contributed by atoms with E-state index in [0.717, 1.165) is 24.9 Å². The Morgan fingerprint density at radius 1 is 1.38 bits per heavy atom. The minimum Gasteiger partial charge on any atom is -0.399 e. The second kappa shape index (κ2) is 6.16. The fourth-order valence-electron chi connectivity index (χ4n) is 1.57. The Morgan fingerprint density at radius 3 is 2.75 bits per heavy atom. The first-order chi connectivity index (χ1) is 7.65. The molecular formula is C13H20N2O. The van der Waals surface area contributed by atoms with Gasteiger partial charge in [-0.15, -0.1) is 0 Å². The van der Waals surface area contributed by atoms with Crippen LogP contribution in [0, 0.1) is 0 Å². The lowest BCUT2D eigenvalue weighted by molar-refractivity contribution is -0.118. The average molecular weight is 220 g/mol. The van der Waals surface area contributed by atoms with Gasteiger partial charge in [-0.05, 0) is 24.6 Å². The van der Waals surface area contributed by atoms with Crippen molar-refractivity contribution in [3.05, 3.63) is 24.3 Å². The van der Waals surface area contributed by atoms with Crippen molar-refractivity contribution in [1.29, 1.82) is 0 Å². The van der Waals surface area contributed by atoms with Gasteiger partial charge in [-0.2, -0.15) is 0 Å². The summed E-state index contributed by atoms with van der Waals surface area (Å²) in [5.74, 6) is 0.152. The SMILES string of the molecule is CCCCCC(=O)N(C)c1cccc(N)c1. The van der Waals surface area contributed by atoms with E-state index < -0.39 is 0 Å². The van der Waals surface area contributed by atoms with Gasteiger partial charge in [0, 0.05) is 24.8 Å². The summed E-state index contributed by atoms with van der Waals surface area (Å²) in [7, 11) is 1.79. The highest BCUT2D eigenvalue weighted by molar-refractivity contribution is 5.93. The molecule has 88 valence electrons. The normalized spacial score (nSPS) is 10.1. The molecule has 1 aromatic carbocycles. The lowest BCUT2D eigenvalue weighted by Crippen LogP contribution is -2.25. The van der Waals surface area contributed by atoms with Crippen LogP contribution in [-0.2, 0) is 4.79 Å². The third-order valence-electron chi connectivity index (χ3n) is 2.63. The Bertz CT molecular complexity index is 350. The van der Waals surface area contributed by atoms with Crippen LogP contribution in [0.1, 0.15) is 32.6 Å². The van der Waals surface area contributed by atoms with Crippen LogP contribution in [0.4, 0.5) is 11.4 Å². The number of unbranched alkanes of at least 4 members (excludes halogenated alkanes) is 2. The number of amides is 1. The van der Waals surface area contributed by atoms with Crippen molar-refractivity contribution in [3.8, 4) is 0 Å². The highest BCUT2D eigenvalue weighted by Crippen LogP contribution is 2.17. The lowest BCUT2D eigenvalue weighted by atomic mass is 10.2. The molecule has 0 saturated heterocycles. The number of nitrogen functional groups attached to an aromatic ring is 1. The second-order valence-electron chi connectivity index (χ2n) is 4.00. The highest BCUT2D eigenvalue weighted by Gasteiger charge is 2.09. The standard InChI is InChI=1S/C13H20N2O/c1-3-4-5-9-13(16)15(2)12-8-6-7-11(14)10-12/h6-8,10H,3-5,9,14H2,1-2H3. The molecule has 0 fully saturated rings. The molecule has 0 bridgehead atoms. The number of anilines is 2. The summed E-state index contributed by atoms with van der Waals surface area (Å²) in [6.07, 6.45) is 3.81. The molecule has 0 spiro atoms. The van der Waals surface area contributed by atoms with E-state index in [1.807, 2.05) is 24.3 Å². The van der Waals surface area contributed by atoms with Crippen LogP contribution in [0.25, 0.3) is 0 Å². The van der Waals surface area contributed by atoms with Crippen molar-refractivity contribution < 1.29 is 4.79 Å². The monoisotopic (exact) mass is 220 g/mol. The fraction of sp³-hybridized carbons (Fsp3) is 0.462. The van der Waals surface area contributed by atoms with E-state index in [0.29, 0.717) is 12.1 Å². The molecule has 2 N–H and O–H groups in total. The predicted molar refractivity (Wildman–Crippen MR) is 68.4 cm³/mol. The van der Waals surface area contributed by atoms with Gasteiger partial charge in [0.1, 0.15) is 0 Å². The number of hydrogen-bond donors (Lipinski definition) is 1. The summed E-state index contributed by atoms with van der Waals surface area (Å²) in [4.78, 5) is 13.5. The lowest BCUT2D eigenvalue weighted by Gasteiger charge is -2.17. The van der Waals surface area contributed by atoms with Crippen molar-refractivity contribution in [1.82, 2.24) is 0 Å². The molecule has 3 nitrogen and oxygen atoms in total. The van der Waals surface area contributed by atoms with E-state index in [-0.39, 0.29) is 5.91 Å². The van der Waals surface area contributed by atoms with Crippen LogP contribution in [0.15, 0.2) is 24.3 Å². The number of nitrogens with two attached hydrogens (primary N) is 1. The van der Waals surface area contributed by atoms with Gasteiger partial charge in [-0.25, -0.2) is 0 Å². The molecule has 0 saturated carbocycles. The van der Waals surface area contributed by atoms with Crippen molar-refractivity contribution in [2.24, 2.45) is 0 Å². The van der Waals surface area contributed by atoms with Crippen molar-refractivity contribution in [2.45, 2.75) is 32.6 Å². The molecule has 1 aromatic rings. The first-order valence-corrected chi connectivity index (χ1v) is 5.77. The minimum atomic E-state index is 0.152. The zero-order chi connectivity index (χ0) is 12.0. The van der Waals surface area contributed by atoms with Gasteiger partial charge < -0.3 is 10.6 Å². The Balaban J connectivity index is 2.56. The van der Waals surface area contributed by atoms with Gasteiger partial charge in [0.2, 0.25) is 5.91 Å². The molecule has 3 heteroatoms. The molecule has 0 aromatic heterocycles. The number of carbonyl (C=O) groups is 1. The van der Waals surface area contributed by atoms with E-state index in [2.05, 4.69) is 6.92 Å². The van der Waals surface area contributed by atoms with Crippen LogP contribution in [0.2, 0.25) is 0 Å². The van der Waals surface area contributed by atoms with E-state index in [1.54, 1.807) is 11.9 Å². The zero-order valence-corrected chi connectivity index (χ0v) is 10.1. The summed E-state index contributed by atoms with van der Waals surface area (Å²) in [6.45, 7) is 2.13. The van der Waals surface area contributed by atoms with Gasteiger partial charge in [0.25, 0.3) is 0 Å². The summed E-state index contributed by atoms with van der Waals surface area (Å²) < 4.78 is 0. The molecule has 0 aliphatic rings. The number of hydrogen-bond acceptors (Lipinski definition) is 2. The molecule has 0 aliphatic carbocycles. The van der Waals surface area contributed by atoms with Gasteiger partial charge in [-0.1, -0.05) is 25.8 Å². The quantitative estimate of drug-likeness (QED) is 0.612. The van der Waals surface area contributed by atoms with Crippen molar-refractivity contribution >= 4 is 17.3 Å². The van der Waals surface area contributed by atoms with E-state index in [9.17, 15) is 4.79 Å².